The van der Waals surface area contributed by atoms with E-state index in [2.05, 4.69) is 0 Å². The molecule has 0 radical (unpaired) electrons. The molecule has 0 spiro atoms. The Kier molecular flexibility index (Phi) is 7.58. The number of Topliss-reactive ketones (excluding diaryl/α,β-unsaturated/α-hetero) is 1. The smallest absolute Gasteiger partial charge is 0.258 e. The molecule has 3 fully saturated rings. The summed E-state index contributed by atoms with van der Waals surface area (Å²) in [6.07, 6.45) is 0.782. The Morgan fingerprint density at radius 3 is 2.02 bits per heavy atom. The van der Waals surface area contributed by atoms with Gasteiger partial charge in [0, 0.05) is 17.0 Å². The van der Waals surface area contributed by atoms with Crippen molar-refractivity contribution in [3.8, 4) is 5.75 Å². The highest BCUT2D eigenvalue weighted by molar-refractivity contribution is 6.58. The molecule has 2 aliphatic carbocycles. The molecular formula is C35H23Cl2F5N2O6. The maximum atomic E-state index is 15.2. The van der Waals surface area contributed by atoms with E-state index >= 15 is 8.78 Å². The third kappa shape index (κ3) is 4.19. The molecule has 1 N–H and O–H groups in total. The van der Waals surface area contributed by atoms with Crippen molar-refractivity contribution >= 4 is 64.0 Å². The fourth-order valence-electron chi connectivity index (χ4n) is 7.93. The molecule has 8 nitrogen and oxygen atoms in total. The standard InChI is InChI=1S/C35H23Cl2F5N2O6/c1-13-4-3-5-19(29(13)46)22-17-10-11-18-21(31(48)43(30(18)47)16-8-6-15(7-9-16)14(2)45)20(17)12-34(36)32(49)44(33(50)35(22,34)37)28-26(41)24(39)23(38)25(40)27(28)42/h3-10,18,20-22,46H,11-12H2,1-2H3. The Labute approximate surface area is 290 Å². The number of aromatic hydroxyl groups is 1. The molecule has 2 aliphatic heterocycles. The summed E-state index contributed by atoms with van der Waals surface area (Å²) in [5.74, 6) is -22.6. The van der Waals surface area contributed by atoms with Gasteiger partial charge in [-0.05, 0) is 62.4 Å². The summed E-state index contributed by atoms with van der Waals surface area (Å²) in [5, 5.41) is 11.3. The quantitative estimate of drug-likeness (QED) is 0.0635. The predicted molar refractivity (Wildman–Crippen MR) is 168 cm³/mol. The van der Waals surface area contributed by atoms with E-state index in [0.29, 0.717) is 5.56 Å². The van der Waals surface area contributed by atoms with Gasteiger partial charge in [-0.15, -0.1) is 23.2 Å². The van der Waals surface area contributed by atoms with Crippen molar-refractivity contribution < 1.29 is 51.0 Å². The van der Waals surface area contributed by atoms with Gasteiger partial charge in [0.1, 0.15) is 11.4 Å². The van der Waals surface area contributed by atoms with E-state index in [-0.39, 0.29) is 39.5 Å². The molecule has 15 heteroatoms. The number of anilines is 2. The second-order valence-corrected chi connectivity index (χ2v) is 14.1. The third-order valence-corrected chi connectivity index (χ3v) is 11.7. The maximum absolute atomic E-state index is 15.2. The highest BCUT2D eigenvalue weighted by Crippen LogP contribution is 2.67. The Balaban J connectivity index is 1.42. The van der Waals surface area contributed by atoms with Crippen LogP contribution in [0.5, 0.6) is 5.75 Å². The minimum Gasteiger partial charge on any atom is -0.507 e. The zero-order valence-corrected chi connectivity index (χ0v) is 27.4. The molecule has 0 bridgehead atoms. The van der Waals surface area contributed by atoms with Crippen LogP contribution in [0.25, 0.3) is 0 Å². The molecule has 258 valence electrons. The topological polar surface area (TPSA) is 112 Å². The molecule has 6 atom stereocenters. The average molecular weight is 733 g/mol. The van der Waals surface area contributed by atoms with Gasteiger partial charge in [-0.25, -0.2) is 26.9 Å². The van der Waals surface area contributed by atoms with E-state index in [4.69, 9.17) is 23.2 Å². The first kappa shape index (κ1) is 33.9. The van der Waals surface area contributed by atoms with Crippen LogP contribution in [0.4, 0.5) is 33.3 Å². The fourth-order valence-corrected chi connectivity index (χ4v) is 8.85. The molecule has 4 amide bonds. The number of fused-ring (bicyclic) bond motifs is 4. The van der Waals surface area contributed by atoms with Crippen molar-refractivity contribution in [3.05, 3.63) is 99.9 Å². The normalized spacial score (nSPS) is 28.9. The van der Waals surface area contributed by atoms with Crippen LogP contribution in [-0.4, -0.2) is 44.3 Å². The molecule has 3 aromatic carbocycles. The highest BCUT2D eigenvalue weighted by Gasteiger charge is 2.77. The number of para-hydroxylation sites is 1. The molecular weight excluding hydrogens is 710 g/mol. The number of allylic oxidation sites excluding steroid dienone is 2. The first-order valence-corrected chi connectivity index (χ1v) is 16.0. The monoisotopic (exact) mass is 732 g/mol. The number of rotatable bonds is 4. The summed E-state index contributed by atoms with van der Waals surface area (Å²) in [6.45, 7) is 2.85. The van der Waals surface area contributed by atoms with Gasteiger partial charge in [-0.2, -0.15) is 0 Å². The number of ketones is 1. The van der Waals surface area contributed by atoms with Gasteiger partial charge in [0.15, 0.2) is 38.8 Å². The van der Waals surface area contributed by atoms with E-state index in [0.717, 1.165) is 4.90 Å². The number of hydrogen-bond donors (Lipinski definition) is 1. The Morgan fingerprint density at radius 2 is 1.42 bits per heavy atom. The summed E-state index contributed by atoms with van der Waals surface area (Å²) in [5.41, 5.74) is -1.00. The van der Waals surface area contributed by atoms with Crippen LogP contribution in [0.2, 0.25) is 0 Å². The zero-order valence-electron chi connectivity index (χ0n) is 25.9. The molecule has 2 heterocycles. The maximum Gasteiger partial charge on any atom is 0.258 e. The number of aryl methyl sites for hydroxylation is 1. The number of nitrogens with zero attached hydrogens (tertiary/aromatic N) is 2. The van der Waals surface area contributed by atoms with Crippen molar-refractivity contribution in [1.29, 1.82) is 0 Å². The lowest BCUT2D eigenvalue weighted by Crippen LogP contribution is -2.60. The van der Waals surface area contributed by atoms with Crippen molar-refractivity contribution in [2.75, 3.05) is 9.80 Å². The van der Waals surface area contributed by atoms with E-state index in [1.807, 2.05) is 0 Å². The highest BCUT2D eigenvalue weighted by atomic mass is 35.5. The third-order valence-electron chi connectivity index (χ3n) is 10.3. The number of amides is 4. The van der Waals surface area contributed by atoms with Crippen LogP contribution in [0.15, 0.2) is 54.1 Å². The molecule has 3 aromatic rings. The molecule has 4 aliphatic rings. The predicted octanol–water partition coefficient (Wildman–Crippen LogP) is 6.37. The van der Waals surface area contributed by atoms with Gasteiger partial charge in [-0.1, -0.05) is 29.8 Å². The molecule has 50 heavy (non-hydrogen) atoms. The number of carbonyl (C=O) groups is 5. The largest absolute Gasteiger partial charge is 0.507 e. The van der Waals surface area contributed by atoms with Gasteiger partial charge in [0.2, 0.25) is 17.6 Å². The van der Waals surface area contributed by atoms with Crippen molar-refractivity contribution in [2.24, 2.45) is 17.8 Å². The van der Waals surface area contributed by atoms with Gasteiger partial charge in [-0.3, -0.25) is 28.9 Å². The summed E-state index contributed by atoms with van der Waals surface area (Å²) < 4.78 is 73.2. The second-order valence-electron chi connectivity index (χ2n) is 12.8. The van der Waals surface area contributed by atoms with Crippen molar-refractivity contribution in [3.63, 3.8) is 0 Å². The van der Waals surface area contributed by atoms with E-state index < -0.39 is 104 Å². The lowest BCUT2D eigenvalue weighted by Gasteiger charge is -2.50. The lowest BCUT2D eigenvalue weighted by molar-refractivity contribution is -0.125. The van der Waals surface area contributed by atoms with Gasteiger partial charge >= 0.3 is 0 Å². The van der Waals surface area contributed by atoms with E-state index in [9.17, 15) is 42.3 Å². The first-order chi connectivity index (χ1) is 23.5. The van der Waals surface area contributed by atoms with Gasteiger partial charge < -0.3 is 5.11 Å². The molecule has 6 unspecified atom stereocenters. The fraction of sp³-hybridized carbons (Fsp3) is 0.286. The number of carbonyl (C=O) groups excluding carboxylic acids is 5. The van der Waals surface area contributed by atoms with Gasteiger partial charge in [0.25, 0.3) is 11.8 Å². The Hall–Kier alpha value is -4.62. The number of phenolic OH excluding ortho intramolecular Hbond substituents is 1. The number of benzene rings is 3. The number of hydrogen-bond acceptors (Lipinski definition) is 6. The van der Waals surface area contributed by atoms with E-state index in [1.54, 1.807) is 0 Å². The average Bonchev–Trinajstić information content (AvgIpc) is 3.42. The van der Waals surface area contributed by atoms with Crippen molar-refractivity contribution in [1.82, 2.24) is 0 Å². The molecule has 7 rings (SSSR count). The SMILES string of the molecule is CC(=O)c1ccc(N2C(=O)C3CC=C4C(CC5(Cl)C(=O)N(c6c(F)c(F)c(F)c(F)c6F)C(=O)C5(Cl)C4c4cccc(C)c4O)C3C2=O)cc1. The number of imide groups is 2. The minimum atomic E-state index is -2.75. The van der Waals surface area contributed by atoms with Crippen LogP contribution >= 0.6 is 23.2 Å². The van der Waals surface area contributed by atoms with Crippen molar-refractivity contribution in [2.45, 2.75) is 42.4 Å². The first-order valence-electron chi connectivity index (χ1n) is 15.2. The van der Waals surface area contributed by atoms with Crippen LogP contribution in [0, 0.1) is 53.8 Å². The number of phenols is 1. The Morgan fingerprint density at radius 1 is 0.820 bits per heavy atom. The van der Waals surface area contributed by atoms with Gasteiger partial charge in [0.05, 0.1) is 17.5 Å². The molecule has 1 saturated carbocycles. The van der Waals surface area contributed by atoms with Crippen LogP contribution < -0.4 is 9.80 Å². The summed E-state index contributed by atoms with van der Waals surface area (Å²) >= 11 is 14.2. The number of alkyl halides is 2. The molecule has 2 saturated heterocycles. The summed E-state index contributed by atoms with van der Waals surface area (Å²) in [4.78, 5) is 63.6. The van der Waals surface area contributed by atoms with Crippen LogP contribution in [0.1, 0.15) is 47.2 Å². The minimum absolute atomic E-state index is 0.0715. The summed E-state index contributed by atoms with van der Waals surface area (Å²) in [6, 6.07) is 10.1. The number of halogens is 7. The van der Waals surface area contributed by atoms with E-state index in [1.165, 1.54) is 62.4 Å². The lowest BCUT2D eigenvalue weighted by atomic mass is 9.56. The van der Waals surface area contributed by atoms with Crippen LogP contribution in [0.3, 0.4) is 0 Å². The molecule has 0 aromatic heterocycles. The Bertz CT molecular complexity index is 2110. The van der Waals surface area contributed by atoms with Crippen LogP contribution in [-0.2, 0) is 19.2 Å². The summed E-state index contributed by atoms with van der Waals surface area (Å²) in [7, 11) is 0. The second kappa shape index (κ2) is 11.2. The zero-order chi connectivity index (χ0) is 36.4.